The number of halogens is 1. The van der Waals surface area contributed by atoms with E-state index in [1.165, 1.54) is 6.07 Å². The maximum Gasteiger partial charge on any atom is 0.308 e. The number of hydrogen-bond donors (Lipinski definition) is 2. The zero-order valence-corrected chi connectivity index (χ0v) is 19.0. The minimum atomic E-state index is -1.03. The van der Waals surface area contributed by atoms with Crippen LogP contribution in [0.25, 0.3) is 23.3 Å². The second-order valence-corrected chi connectivity index (χ2v) is 8.32. The number of aliphatic hydroxyl groups excluding tert-OH is 1. The van der Waals surface area contributed by atoms with Crippen molar-refractivity contribution in [1.82, 2.24) is 0 Å². The van der Waals surface area contributed by atoms with E-state index < -0.39 is 18.5 Å². The van der Waals surface area contributed by atoms with E-state index >= 15 is 0 Å². The lowest BCUT2D eigenvalue weighted by Gasteiger charge is -2.19. The summed E-state index contributed by atoms with van der Waals surface area (Å²) in [4.78, 5) is 11.1. The maximum atomic E-state index is 14.5. The number of carboxylic acid groups (broad SMARTS) is 1. The largest absolute Gasteiger partial charge is 0.486 e. The van der Waals surface area contributed by atoms with Crippen LogP contribution in [0.2, 0.25) is 0 Å². The van der Waals surface area contributed by atoms with Crippen molar-refractivity contribution in [2.75, 3.05) is 19.8 Å². The zero-order valence-electron chi connectivity index (χ0n) is 19.0. The van der Waals surface area contributed by atoms with Crippen LogP contribution in [0, 0.1) is 18.7 Å². The summed E-state index contributed by atoms with van der Waals surface area (Å²) < 4.78 is 25.8. The third-order valence-electron chi connectivity index (χ3n) is 6.08. The van der Waals surface area contributed by atoms with E-state index in [0.29, 0.717) is 25.2 Å². The first kappa shape index (κ1) is 23.5. The normalized spacial score (nSPS) is 13.7. The molecular formula is C28H27FO5. The molecule has 1 heterocycles. The van der Waals surface area contributed by atoms with E-state index in [1.54, 1.807) is 18.2 Å². The molecule has 0 spiro atoms. The average Bonchev–Trinajstić information content (AvgIpc) is 2.84. The van der Waals surface area contributed by atoms with E-state index in [4.69, 9.17) is 14.6 Å². The fourth-order valence-corrected chi connectivity index (χ4v) is 4.05. The van der Waals surface area contributed by atoms with Gasteiger partial charge in [-0.3, -0.25) is 4.79 Å². The molecule has 3 aromatic carbocycles. The molecule has 1 atom stereocenters. The van der Waals surface area contributed by atoms with Gasteiger partial charge in [-0.05, 0) is 71.8 Å². The molecule has 1 aliphatic heterocycles. The van der Waals surface area contributed by atoms with E-state index in [2.05, 4.69) is 0 Å². The molecule has 176 valence electrons. The van der Waals surface area contributed by atoms with Crippen molar-refractivity contribution in [2.24, 2.45) is 5.92 Å². The van der Waals surface area contributed by atoms with Crippen LogP contribution in [0.5, 0.6) is 11.5 Å². The summed E-state index contributed by atoms with van der Waals surface area (Å²) in [5.74, 6) is -0.729. The van der Waals surface area contributed by atoms with Crippen LogP contribution in [0.1, 0.15) is 28.7 Å². The van der Waals surface area contributed by atoms with Gasteiger partial charge in [0.15, 0.2) is 11.5 Å². The van der Waals surface area contributed by atoms with Gasteiger partial charge in [0, 0.05) is 5.56 Å². The summed E-state index contributed by atoms with van der Waals surface area (Å²) in [6, 6.07) is 16.6. The number of carbonyl (C=O) groups is 1. The van der Waals surface area contributed by atoms with E-state index in [-0.39, 0.29) is 12.2 Å². The Bertz CT molecular complexity index is 1220. The molecule has 4 rings (SSSR count). The molecule has 0 fully saturated rings. The Morgan fingerprint density at radius 2 is 1.79 bits per heavy atom. The Balaban J connectivity index is 1.56. The number of fused-ring (bicyclic) bond motifs is 1. The Labute approximate surface area is 198 Å². The van der Waals surface area contributed by atoms with Crippen molar-refractivity contribution in [3.05, 3.63) is 82.7 Å². The van der Waals surface area contributed by atoms with Crippen molar-refractivity contribution in [2.45, 2.75) is 19.8 Å². The highest BCUT2D eigenvalue weighted by molar-refractivity contribution is 5.78. The van der Waals surface area contributed by atoms with Crippen LogP contribution in [-0.4, -0.2) is 36.0 Å². The van der Waals surface area contributed by atoms with Gasteiger partial charge in [0.25, 0.3) is 0 Å². The molecule has 6 heteroatoms. The first-order chi connectivity index (χ1) is 16.5. The molecule has 34 heavy (non-hydrogen) atoms. The van der Waals surface area contributed by atoms with Crippen LogP contribution < -0.4 is 9.47 Å². The summed E-state index contributed by atoms with van der Waals surface area (Å²) in [5.41, 5.74) is 5.33. The van der Waals surface area contributed by atoms with Gasteiger partial charge < -0.3 is 19.7 Å². The zero-order chi connectivity index (χ0) is 24.1. The molecule has 1 unspecified atom stereocenters. The highest BCUT2D eigenvalue weighted by Crippen LogP contribution is 2.36. The quantitative estimate of drug-likeness (QED) is 0.440. The number of rotatable bonds is 8. The van der Waals surface area contributed by atoms with Gasteiger partial charge in [0.1, 0.15) is 19.0 Å². The Kier molecular flexibility index (Phi) is 7.28. The van der Waals surface area contributed by atoms with Crippen LogP contribution >= 0.6 is 0 Å². The monoisotopic (exact) mass is 462 g/mol. The first-order valence-electron chi connectivity index (χ1n) is 11.3. The van der Waals surface area contributed by atoms with Gasteiger partial charge in [-0.25, -0.2) is 4.39 Å². The molecule has 0 radical (unpaired) electrons. The number of aliphatic hydroxyl groups is 1. The maximum absolute atomic E-state index is 14.5. The smallest absolute Gasteiger partial charge is 0.308 e. The molecule has 5 nitrogen and oxygen atoms in total. The highest BCUT2D eigenvalue weighted by atomic mass is 19.1. The minimum Gasteiger partial charge on any atom is -0.486 e. The van der Waals surface area contributed by atoms with Gasteiger partial charge >= 0.3 is 5.97 Å². The minimum absolute atomic E-state index is 0.289. The van der Waals surface area contributed by atoms with Crippen LogP contribution in [0.4, 0.5) is 4.39 Å². The van der Waals surface area contributed by atoms with Gasteiger partial charge in [-0.15, -0.1) is 0 Å². The molecule has 0 bridgehead atoms. The third kappa shape index (κ3) is 5.29. The van der Waals surface area contributed by atoms with Crippen LogP contribution in [0.3, 0.4) is 0 Å². The van der Waals surface area contributed by atoms with Crippen molar-refractivity contribution in [3.63, 3.8) is 0 Å². The summed E-state index contributed by atoms with van der Waals surface area (Å²) in [6.07, 6.45) is 4.34. The summed E-state index contributed by atoms with van der Waals surface area (Å²) in [5, 5.41) is 18.3. The number of benzene rings is 3. The Hall–Kier alpha value is -3.64. The number of ether oxygens (including phenoxy) is 2. The Morgan fingerprint density at radius 3 is 2.56 bits per heavy atom. The molecule has 2 N–H and O–H groups in total. The highest BCUT2D eigenvalue weighted by Gasteiger charge is 2.16. The molecule has 0 saturated heterocycles. The van der Waals surface area contributed by atoms with E-state index in [1.807, 2.05) is 49.4 Å². The third-order valence-corrected chi connectivity index (χ3v) is 6.08. The van der Waals surface area contributed by atoms with Crippen molar-refractivity contribution in [1.29, 1.82) is 0 Å². The second kappa shape index (κ2) is 10.5. The SMILES string of the molecule is Cc1c(/C=C/c2cc(CCC(CO)C(=O)O)ccc2F)cccc1-c1ccc2c(c1)OCCO2. The molecule has 1 aliphatic rings. The number of hydrogen-bond acceptors (Lipinski definition) is 4. The number of aryl methyl sites for hydroxylation is 1. The second-order valence-electron chi connectivity index (χ2n) is 8.32. The average molecular weight is 463 g/mol. The lowest BCUT2D eigenvalue weighted by molar-refractivity contribution is -0.143. The molecule has 0 saturated carbocycles. The lowest BCUT2D eigenvalue weighted by atomic mass is 9.95. The molecule has 3 aromatic rings. The number of carboxylic acids is 1. The predicted molar refractivity (Wildman–Crippen MR) is 129 cm³/mol. The number of aliphatic carboxylic acids is 1. The van der Waals surface area contributed by atoms with Crippen molar-refractivity contribution in [3.8, 4) is 22.6 Å². The van der Waals surface area contributed by atoms with E-state index in [9.17, 15) is 14.3 Å². The summed E-state index contributed by atoms with van der Waals surface area (Å²) >= 11 is 0. The van der Waals surface area contributed by atoms with Crippen molar-refractivity contribution >= 4 is 18.1 Å². The van der Waals surface area contributed by atoms with Gasteiger partial charge in [0.05, 0.1) is 12.5 Å². The van der Waals surface area contributed by atoms with Crippen molar-refractivity contribution < 1.29 is 28.9 Å². The molecule has 0 aliphatic carbocycles. The van der Waals surface area contributed by atoms with Crippen LogP contribution in [0.15, 0.2) is 54.6 Å². The van der Waals surface area contributed by atoms with Crippen LogP contribution in [-0.2, 0) is 11.2 Å². The summed E-state index contributed by atoms with van der Waals surface area (Å²) in [7, 11) is 0. The topological polar surface area (TPSA) is 76.0 Å². The molecule has 0 amide bonds. The Morgan fingerprint density at radius 1 is 1.03 bits per heavy atom. The molecule has 0 aromatic heterocycles. The van der Waals surface area contributed by atoms with Gasteiger partial charge in [-0.2, -0.15) is 0 Å². The predicted octanol–water partition coefficient (Wildman–Crippen LogP) is 5.37. The fraction of sp³-hybridized carbons (Fsp3) is 0.250. The van der Waals surface area contributed by atoms with Gasteiger partial charge in [0.2, 0.25) is 0 Å². The standard InChI is InChI=1S/C28H27FO5/c1-18-20(3-2-4-24(18)21-10-12-26-27(16-21)34-14-13-33-26)8-9-22-15-19(6-11-25(22)29)5-7-23(17-30)28(31)32/h2-4,6,8-12,15-16,23,30H,5,7,13-14,17H2,1H3,(H,31,32)/b9-8+. The lowest BCUT2D eigenvalue weighted by Crippen LogP contribution is -2.18. The first-order valence-corrected chi connectivity index (χ1v) is 11.3. The fourth-order valence-electron chi connectivity index (χ4n) is 4.05. The molecular weight excluding hydrogens is 435 g/mol. The van der Waals surface area contributed by atoms with E-state index in [0.717, 1.165) is 39.3 Å². The van der Waals surface area contributed by atoms with Gasteiger partial charge in [-0.1, -0.05) is 42.5 Å². The summed E-state index contributed by atoms with van der Waals surface area (Å²) in [6.45, 7) is 2.69.